The molecule has 0 aromatic heterocycles. The lowest BCUT2D eigenvalue weighted by Gasteiger charge is -2.09. The van der Waals surface area contributed by atoms with Crippen LogP contribution in [0, 0.1) is 10.1 Å². The van der Waals surface area contributed by atoms with Gasteiger partial charge in [-0.3, -0.25) is 15.4 Å². The van der Waals surface area contributed by atoms with E-state index in [-0.39, 0.29) is 11.3 Å². The van der Waals surface area contributed by atoms with E-state index in [9.17, 15) is 24.5 Å². The molecule has 0 bridgehead atoms. The number of esters is 2. The van der Waals surface area contributed by atoms with Gasteiger partial charge in [0.15, 0.2) is 0 Å². The predicted octanol–water partition coefficient (Wildman–Crippen LogP) is 2.26. The fourth-order valence-electron chi connectivity index (χ4n) is 1.98. The number of carboxylic acid groups (broad SMARTS) is 1. The van der Waals surface area contributed by atoms with Crippen LogP contribution in [-0.2, 0) is 4.74 Å². The number of carbonyl (C=O) groups excluding carboxylic acids is 2. The van der Waals surface area contributed by atoms with Gasteiger partial charge in [-0.1, -0.05) is 18.2 Å². The molecule has 0 aliphatic heterocycles. The van der Waals surface area contributed by atoms with Gasteiger partial charge in [0, 0.05) is 11.8 Å². The summed E-state index contributed by atoms with van der Waals surface area (Å²) in [5.74, 6) is -2.34. The van der Waals surface area contributed by atoms with Gasteiger partial charge in [0.25, 0.3) is 5.69 Å². The number of nitrogens with one attached hydrogen (secondary N) is 1. The van der Waals surface area contributed by atoms with E-state index in [0.717, 1.165) is 18.2 Å². The van der Waals surface area contributed by atoms with Crippen molar-refractivity contribution in [3.05, 3.63) is 63.7 Å². The summed E-state index contributed by atoms with van der Waals surface area (Å²) in [7, 11) is 0. The second-order valence-corrected chi connectivity index (χ2v) is 4.65. The van der Waals surface area contributed by atoms with Crippen molar-refractivity contribution in [2.24, 2.45) is 0 Å². The molecule has 25 heavy (non-hydrogen) atoms. The molecule has 0 aliphatic rings. The Kier molecular flexibility index (Phi) is 4.93. The highest BCUT2D eigenvalue weighted by Gasteiger charge is 2.26. The summed E-state index contributed by atoms with van der Waals surface area (Å²) in [4.78, 5) is 45.2. The Morgan fingerprint density at radius 3 is 2.24 bits per heavy atom. The van der Waals surface area contributed by atoms with Crippen molar-refractivity contribution in [1.82, 2.24) is 0 Å². The monoisotopic (exact) mass is 345 g/mol. The maximum Gasteiger partial charge on any atom is 0.409 e. The molecule has 0 atom stereocenters. The average molecular weight is 345 g/mol. The molecule has 2 aromatic rings. The number of nitrogens with two attached hydrogens (primary N) is 1. The maximum absolute atomic E-state index is 12.2. The molecule has 4 N–H and O–H groups in total. The Balaban J connectivity index is 2.37. The fourth-order valence-corrected chi connectivity index (χ4v) is 1.98. The molecule has 2 rings (SSSR count). The molecule has 0 saturated carbocycles. The second kappa shape index (κ2) is 7.08. The Morgan fingerprint density at radius 1 is 1.04 bits per heavy atom. The third-order valence-corrected chi connectivity index (χ3v) is 3.06. The first-order chi connectivity index (χ1) is 11.8. The maximum atomic E-state index is 12.2. The largest absolute Gasteiger partial charge is 0.465 e. The van der Waals surface area contributed by atoms with Crippen LogP contribution in [0.1, 0.15) is 20.7 Å². The van der Waals surface area contributed by atoms with Gasteiger partial charge in [-0.15, -0.1) is 0 Å². The summed E-state index contributed by atoms with van der Waals surface area (Å²) in [5, 5.41) is 21.6. The summed E-state index contributed by atoms with van der Waals surface area (Å²) < 4.78 is 4.65. The SMILES string of the molecule is Nc1ccccc1C(=O)OC(=O)c1cccc([N+](=O)[O-])c1NC(=O)O. The van der Waals surface area contributed by atoms with E-state index in [1.807, 2.05) is 0 Å². The van der Waals surface area contributed by atoms with Crippen molar-refractivity contribution in [2.45, 2.75) is 0 Å². The summed E-state index contributed by atoms with van der Waals surface area (Å²) in [6.07, 6.45) is -1.62. The Morgan fingerprint density at radius 2 is 1.64 bits per heavy atom. The molecule has 0 aliphatic carbocycles. The van der Waals surface area contributed by atoms with Gasteiger partial charge in [0.1, 0.15) is 5.69 Å². The number of carbonyl (C=O) groups is 3. The number of para-hydroxylation sites is 2. The number of hydrogen-bond donors (Lipinski definition) is 3. The van der Waals surface area contributed by atoms with Gasteiger partial charge in [0.2, 0.25) is 0 Å². The van der Waals surface area contributed by atoms with E-state index < -0.39 is 39.9 Å². The van der Waals surface area contributed by atoms with Gasteiger partial charge in [0.05, 0.1) is 16.1 Å². The van der Waals surface area contributed by atoms with Crippen LogP contribution in [0.15, 0.2) is 42.5 Å². The standard InChI is InChI=1S/C15H11N3O7/c16-10-6-2-1-4-8(10)13(19)25-14(20)9-5-3-7-11(18(23)24)12(9)17-15(21)22/h1-7,17H,16H2,(H,21,22). The number of nitro groups is 1. The third-order valence-electron chi connectivity index (χ3n) is 3.06. The van der Waals surface area contributed by atoms with E-state index in [2.05, 4.69) is 4.74 Å². The van der Waals surface area contributed by atoms with Crippen LogP contribution < -0.4 is 11.1 Å². The van der Waals surface area contributed by atoms with E-state index in [4.69, 9.17) is 10.8 Å². The quantitative estimate of drug-likeness (QED) is 0.250. The number of amides is 1. The van der Waals surface area contributed by atoms with E-state index in [1.165, 1.54) is 18.2 Å². The lowest BCUT2D eigenvalue weighted by Crippen LogP contribution is -2.18. The lowest BCUT2D eigenvalue weighted by atomic mass is 10.1. The zero-order valence-electron chi connectivity index (χ0n) is 12.5. The van der Waals surface area contributed by atoms with Crippen molar-refractivity contribution in [3.63, 3.8) is 0 Å². The first-order valence-corrected chi connectivity index (χ1v) is 6.69. The molecule has 10 heteroatoms. The number of nitrogens with zero attached hydrogens (tertiary/aromatic N) is 1. The number of rotatable bonds is 4. The van der Waals surface area contributed by atoms with Crippen LogP contribution >= 0.6 is 0 Å². The van der Waals surface area contributed by atoms with Crippen LogP contribution in [0.2, 0.25) is 0 Å². The van der Waals surface area contributed by atoms with Crippen molar-refractivity contribution >= 4 is 35.1 Å². The van der Waals surface area contributed by atoms with E-state index in [0.29, 0.717) is 0 Å². The highest BCUT2D eigenvalue weighted by molar-refractivity contribution is 6.09. The lowest BCUT2D eigenvalue weighted by molar-refractivity contribution is -0.383. The molecule has 128 valence electrons. The summed E-state index contributed by atoms with van der Waals surface area (Å²) in [5.41, 5.74) is 3.85. The topological polar surface area (TPSA) is 162 Å². The second-order valence-electron chi connectivity index (χ2n) is 4.65. The summed E-state index contributed by atoms with van der Waals surface area (Å²) in [6.45, 7) is 0. The van der Waals surface area contributed by atoms with Crippen LogP contribution in [0.25, 0.3) is 0 Å². The zero-order chi connectivity index (χ0) is 18.6. The molecule has 0 fully saturated rings. The third kappa shape index (κ3) is 3.88. The predicted molar refractivity (Wildman–Crippen MR) is 85.3 cm³/mol. The van der Waals surface area contributed by atoms with Crippen LogP contribution in [-0.4, -0.2) is 28.1 Å². The smallest absolute Gasteiger partial charge is 0.409 e. The van der Waals surface area contributed by atoms with Crippen molar-refractivity contribution in [3.8, 4) is 0 Å². The molecule has 2 aromatic carbocycles. The number of benzene rings is 2. The molecular weight excluding hydrogens is 334 g/mol. The number of hydrogen-bond acceptors (Lipinski definition) is 7. The van der Waals surface area contributed by atoms with Gasteiger partial charge in [-0.25, -0.2) is 14.4 Å². The minimum atomic E-state index is -1.62. The van der Waals surface area contributed by atoms with Crippen LogP contribution in [0.4, 0.5) is 21.9 Å². The minimum Gasteiger partial charge on any atom is -0.465 e. The summed E-state index contributed by atoms with van der Waals surface area (Å²) >= 11 is 0. The van der Waals surface area contributed by atoms with Gasteiger partial charge < -0.3 is 15.6 Å². The normalized spacial score (nSPS) is 9.92. The average Bonchev–Trinajstić information content (AvgIpc) is 2.54. The molecule has 0 radical (unpaired) electrons. The molecule has 10 nitrogen and oxygen atoms in total. The van der Waals surface area contributed by atoms with Gasteiger partial charge in [-0.2, -0.15) is 0 Å². The van der Waals surface area contributed by atoms with Crippen molar-refractivity contribution < 1.29 is 29.2 Å². The van der Waals surface area contributed by atoms with E-state index in [1.54, 1.807) is 11.4 Å². The molecule has 1 amide bonds. The molecule has 0 saturated heterocycles. The van der Waals surface area contributed by atoms with Crippen LogP contribution in [0.5, 0.6) is 0 Å². The molecule has 0 spiro atoms. The minimum absolute atomic E-state index is 0.0724. The Hall–Kier alpha value is -3.95. The van der Waals surface area contributed by atoms with E-state index >= 15 is 0 Å². The van der Waals surface area contributed by atoms with Gasteiger partial charge in [-0.05, 0) is 18.2 Å². The number of nitrogen functional groups attached to an aromatic ring is 1. The first kappa shape index (κ1) is 17.4. The molecular formula is C15H11N3O7. The van der Waals surface area contributed by atoms with Crippen LogP contribution in [0.3, 0.4) is 0 Å². The Labute approximate surface area is 140 Å². The van der Waals surface area contributed by atoms with Gasteiger partial charge >= 0.3 is 18.0 Å². The summed E-state index contributed by atoms with van der Waals surface area (Å²) in [6, 6.07) is 9.07. The first-order valence-electron chi connectivity index (χ1n) is 6.69. The zero-order valence-corrected chi connectivity index (χ0v) is 12.5. The van der Waals surface area contributed by atoms with Crippen molar-refractivity contribution in [2.75, 3.05) is 11.1 Å². The number of ether oxygens (including phenoxy) is 1. The highest BCUT2D eigenvalue weighted by atomic mass is 16.6. The number of anilines is 2. The van der Waals surface area contributed by atoms with Crippen molar-refractivity contribution in [1.29, 1.82) is 0 Å². The number of nitro benzene ring substituents is 1. The molecule has 0 unspecified atom stereocenters. The highest BCUT2D eigenvalue weighted by Crippen LogP contribution is 2.29. The fraction of sp³-hybridized carbons (Fsp3) is 0. The Bertz CT molecular complexity index is 879. The molecule has 0 heterocycles.